The lowest BCUT2D eigenvalue weighted by Crippen LogP contribution is -2.07. The van der Waals surface area contributed by atoms with Crippen LogP contribution in [-0.4, -0.2) is 27.3 Å². The molecule has 1 aromatic heterocycles. The summed E-state index contributed by atoms with van der Waals surface area (Å²) in [6, 6.07) is 7.98. The van der Waals surface area contributed by atoms with Crippen molar-refractivity contribution in [2.24, 2.45) is 7.05 Å². The van der Waals surface area contributed by atoms with E-state index in [-0.39, 0.29) is 5.82 Å². The Morgan fingerprint density at radius 3 is 2.74 bits per heavy atom. The molecule has 0 amide bonds. The van der Waals surface area contributed by atoms with Crippen LogP contribution in [0.5, 0.6) is 0 Å². The highest BCUT2D eigenvalue weighted by molar-refractivity contribution is 5.85. The average molecular weight is 259 g/mol. The van der Waals surface area contributed by atoms with Gasteiger partial charge in [-0.15, -0.1) is 5.10 Å². The topological polar surface area (TPSA) is 57.0 Å². The molecule has 0 bridgehead atoms. The van der Waals surface area contributed by atoms with Gasteiger partial charge >= 0.3 is 5.97 Å². The molecule has 0 fully saturated rings. The predicted octanol–water partition coefficient (Wildman–Crippen LogP) is 2.22. The summed E-state index contributed by atoms with van der Waals surface area (Å²) in [5, 5.41) is 4.11. The fourth-order valence-corrected chi connectivity index (χ4v) is 1.95. The summed E-state index contributed by atoms with van der Waals surface area (Å²) < 4.78 is 6.52. The first-order valence-electron chi connectivity index (χ1n) is 6.33. The fraction of sp³-hybridized carbons (Fsp3) is 0.357. The Bertz CT molecular complexity index is 590. The summed E-state index contributed by atoms with van der Waals surface area (Å²) in [5.41, 5.74) is 2.17. The van der Waals surface area contributed by atoms with E-state index in [0.29, 0.717) is 12.4 Å². The number of rotatable bonds is 4. The molecule has 0 saturated carbocycles. The second-order valence-corrected chi connectivity index (χ2v) is 4.11. The summed E-state index contributed by atoms with van der Waals surface area (Å²) in [5.74, 6) is 0.295. The first-order valence-corrected chi connectivity index (χ1v) is 6.33. The number of carbonyl (C=O) groups excluding carboxylic acids is 1. The molecule has 0 aliphatic rings. The van der Waals surface area contributed by atoms with Crippen LogP contribution in [0.2, 0.25) is 0 Å². The molecule has 100 valence electrons. The van der Waals surface area contributed by atoms with E-state index in [9.17, 15) is 4.79 Å². The van der Waals surface area contributed by atoms with Crippen LogP contribution in [0.15, 0.2) is 24.3 Å². The normalized spacial score (nSPS) is 10.5. The maximum atomic E-state index is 11.6. The van der Waals surface area contributed by atoms with Crippen molar-refractivity contribution in [2.75, 3.05) is 6.61 Å². The fourth-order valence-electron chi connectivity index (χ4n) is 1.95. The highest BCUT2D eigenvalue weighted by Gasteiger charge is 2.17. The van der Waals surface area contributed by atoms with Gasteiger partial charge in [-0.2, -0.15) is 0 Å². The molecule has 0 aliphatic carbocycles. The first kappa shape index (κ1) is 13.3. The molecule has 1 aromatic carbocycles. The van der Waals surface area contributed by atoms with Gasteiger partial charge < -0.3 is 4.74 Å². The Hall–Kier alpha value is -2.17. The molecule has 5 nitrogen and oxygen atoms in total. The minimum Gasteiger partial charge on any atom is -0.460 e. The van der Waals surface area contributed by atoms with E-state index >= 15 is 0 Å². The van der Waals surface area contributed by atoms with E-state index in [4.69, 9.17) is 4.74 Å². The Balaban J connectivity index is 2.43. The van der Waals surface area contributed by atoms with Gasteiger partial charge in [-0.1, -0.05) is 31.2 Å². The number of hydrogen-bond acceptors (Lipinski definition) is 4. The summed E-state index contributed by atoms with van der Waals surface area (Å²) in [7, 11) is 1.78. The number of carbonyl (C=O) groups is 1. The van der Waals surface area contributed by atoms with Gasteiger partial charge in [0.15, 0.2) is 5.82 Å². The Labute approximate surface area is 112 Å². The van der Waals surface area contributed by atoms with Crippen LogP contribution < -0.4 is 0 Å². The van der Waals surface area contributed by atoms with Crippen LogP contribution in [0, 0.1) is 0 Å². The van der Waals surface area contributed by atoms with E-state index in [2.05, 4.69) is 17.0 Å². The van der Waals surface area contributed by atoms with Gasteiger partial charge in [-0.3, -0.25) is 0 Å². The molecule has 2 aromatic rings. The van der Waals surface area contributed by atoms with Gasteiger partial charge in [0.25, 0.3) is 5.82 Å². The molecule has 5 heteroatoms. The summed E-state index contributed by atoms with van der Waals surface area (Å²) >= 11 is 0. The van der Waals surface area contributed by atoms with Gasteiger partial charge in [0.1, 0.15) is 0 Å². The minimum absolute atomic E-state index is 0.102. The quantitative estimate of drug-likeness (QED) is 0.790. The highest BCUT2D eigenvalue weighted by atomic mass is 16.5. The van der Waals surface area contributed by atoms with Crippen LogP contribution in [0.3, 0.4) is 0 Å². The van der Waals surface area contributed by atoms with Crippen LogP contribution in [0.25, 0.3) is 11.4 Å². The first-order chi connectivity index (χ1) is 9.17. The zero-order valence-corrected chi connectivity index (χ0v) is 11.4. The third-order valence-corrected chi connectivity index (χ3v) is 2.86. The number of benzene rings is 1. The largest absolute Gasteiger partial charge is 0.460 e. The Morgan fingerprint density at radius 1 is 1.32 bits per heavy atom. The third kappa shape index (κ3) is 2.65. The average Bonchev–Trinajstić information content (AvgIpc) is 2.81. The van der Waals surface area contributed by atoms with Crippen molar-refractivity contribution in [1.82, 2.24) is 14.8 Å². The van der Waals surface area contributed by atoms with Gasteiger partial charge in [-0.25, -0.2) is 14.5 Å². The minimum atomic E-state index is -0.488. The zero-order chi connectivity index (χ0) is 13.8. The van der Waals surface area contributed by atoms with Crippen molar-refractivity contribution in [2.45, 2.75) is 20.3 Å². The lowest BCUT2D eigenvalue weighted by atomic mass is 10.1. The number of aryl methyl sites for hydroxylation is 2. The maximum Gasteiger partial charge on any atom is 0.378 e. The molecule has 19 heavy (non-hydrogen) atoms. The van der Waals surface area contributed by atoms with E-state index in [0.717, 1.165) is 12.0 Å². The highest BCUT2D eigenvalue weighted by Crippen LogP contribution is 2.22. The number of ether oxygens (including phenoxy) is 1. The number of hydrogen-bond donors (Lipinski definition) is 0. The molecule has 0 spiro atoms. The van der Waals surface area contributed by atoms with E-state index in [1.807, 2.05) is 24.3 Å². The second kappa shape index (κ2) is 5.65. The smallest absolute Gasteiger partial charge is 0.378 e. The zero-order valence-electron chi connectivity index (χ0n) is 11.4. The molecular weight excluding hydrogens is 242 g/mol. The second-order valence-electron chi connectivity index (χ2n) is 4.11. The Morgan fingerprint density at radius 2 is 2.05 bits per heavy atom. The SMILES string of the molecule is CCOC(=O)c1nc(-c2ccccc2CC)n(C)n1. The van der Waals surface area contributed by atoms with Crippen molar-refractivity contribution in [3.05, 3.63) is 35.7 Å². The van der Waals surface area contributed by atoms with Crippen molar-refractivity contribution in [3.8, 4) is 11.4 Å². The molecule has 0 N–H and O–H groups in total. The number of aromatic nitrogens is 3. The van der Waals surface area contributed by atoms with Crippen LogP contribution in [0.1, 0.15) is 30.0 Å². The predicted molar refractivity (Wildman–Crippen MR) is 71.8 cm³/mol. The third-order valence-electron chi connectivity index (χ3n) is 2.86. The molecule has 0 radical (unpaired) electrons. The maximum absolute atomic E-state index is 11.6. The summed E-state index contributed by atoms with van der Waals surface area (Å²) in [6.07, 6.45) is 0.901. The van der Waals surface area contributed by atoms with Crippen LogP contribution >= 0.6 is 0 Å². The van der Waals surface area contributed by atoms with Crippen LogP contribution in [-0.2, 0) is 18.2 Å². The van der Waals surface area contributed by atoms with E-state index in [1.54, 1.807) is 18.7 Å². The molecule has 0 aliphatic heterocycles. The van der Waals surface area contributed by atoms with Gasteiger partial charge in [0.05, 0.1) is 6.61 Å². The monoisotopic (exact) mass is 259 g/mol. The van der Waals surface area contributed by atoms with Gasteiger partial charge in [0.2, 0.25) is 0 Å². The van der Waals surface area contributed by atoms with Gasteiger partial charge in [0, 0.05) is 12.6 Å². The van der Waals surface area contributed by atoms with Crippen molar-refractivity contribution in [1.29, 1.82) is 0 Å². The number of nitrogens with zero attached hydrogens (tertiary/aromatic N) is 3. The molecule has 0 unspecified atom stereocenters. The van der Waals surface area contributed by atoms with Crippen molar-refractivity contribution >= 4 is 5.97 Å². The lowest BCUT2D eigenvalue weighted by Gasteiger charge is -2.05. The van der Waals surface area contributed by atoms with Crippen molar-refractivity contribution in [3.63, 3.8) is 0 Å². The molecule has 2 rings (SSSR count). The lowest BCUT2D eigenvalue weighted by molar-refractivity contribution is 0.0512. The van der Waals surface area contributed by atoms with E-state index < -0.39 is 5.97 Å². The van der Waals surface area contributed by atoms with Crippen LogP contribution in [0.4, 0.5) is 0 Å². The molecule has 0 atom stereocenters. The van der Waals surface area contributed by atoms with E-state index in [1.165, 1.54) is 5.56 Å². The number of esters is 1. The molecule has 1 heterocycles. The van der Waals surface area contributed by atoms with Gasteiger partial charge in [-0.05, 0) is 18.9 Å². The Kier molecular flexibility index (Phi) is 3.94. The summed E-state index contributed by atoms with van der Waals surface area (Å²) in [6.45, 7) is 4.16. The summed E-state index contributed by atoms with van der Waals surface area (Å²) in [4.78, 5) is 15.9. The molecular formula is C14H17N3O2. The molecule has 0 saturated heterocycles. The standard InChI is InChI=1S/C14H17N3O2/c1-4-10-8-6-7-9-11(10)13-15-12(16-17(13)3)14(18)19-5-2/h6-9H,4-5H2,1-3H3. The van der Waals surface area contributed by atoms with Crippen molar-refractivity contribution < 1.29 is 9.53 Å².